The first-order valence-electron chi connectivity index (χ1n) is 13.4. The minimum absolute atomic E-state index is 0.164. The Kier molecular flexibility index (Phi) is 13.6. The van der Waals surface area contributed by atoms with E-state index >= 15 is 0 Å². The van der Waals surface area contributed by atoms with Crippen molar-refractivity contribution in [2.45, 2.75) is 83.9 Å². The molecule has 0 aromatic heterocycles. The molecule has 0 spiro atoms. The first-order valence-corrected chi connectivity index (χ1v) is 17.1. The van der Waals surface area contributed by atoms with Crippen molar-refractivity contribution in [3.8, 4) is 0 Å². The monoisotopic (exact) mass is 556 g/mol. The van der Waals surface area contributed by atoms with Crippen LogP contribution in [0, 0.1) is 0 Å². The number of hydrogen-bond donors (Lipinski definition) is 0. The van der Waals surface area contributed by atoms with Gasteiger partial charge in [-0.15, -0.1) is 0 Å². The summed E-state index contributed by atoms with van der Waals surface area (Å²) in [4.78, 5) is 25.1. The third-order valence-corrected chi connectivity index (χ3v) is 7.89. The Hall–Kier alpha value is -2.78. The van der Waals surface area contributed by atoms with Crippen molar-refractivity contribution in [3.05, 3.63) is 83.9 Å². The van der Waals surface area contributed by atoms with E-state index in [2.05, 4.69) is 26.2 Å². The number of esters is 2. The number of benzene rings is 2. The summed E-state index contributed by atoms with van der Waals surface area (Å²) in [5.41, 5.74) is 2.27. The van der Waals surface area contributed by atoms with Crippen LogP contribution in [0.1, 0.15) is 44.4 Å². The first-order chi connectivity index (χ1) is 18.5. The Bertz CT molecular complexity index is 1020. The van der Waals surface area contributed by atoms with Gasteiger partial charge in [0.15, 0.2) is 0 Å². The summed E-state index contributed by atoms with van der Waals surface area (Å²) in [5, 5.41) is 0. The van der Waals surface area contributed by atoms with Gasteiger partial charge in [-0.1, -0.05) is 86.9 Å². The van der Waals surface area contributed by atoms with Crippen LogP contribution in [0.15, 0.2) is 72.8 Å². The molecule has 2 aromatic carbocycles. The highest BCUT2D eigenvalue weighted by Gasteiger charge is 2.31. The lowest BCUT2D eigenvalue weighted by atomic mass is 10.0. The number of rotatable bonds is 17. The van der Waals surface area contributed by atoms with Crippen molar-refractivity contribution in [3.63, 3.8) is 0 Å². The molecular weight excluding hydrogens is 512 g/mol. The fourth-order valence-electron chi connectivity index (χ4n) is 3.60. The summed E-state index contributed by atoms with van der Waals surface area (Å²) < 4.78 is 28.9. The van der Waals surface area contributed by atoms with Crippen molar-refractivity contribution >= 4 is 20.0 Å². The standard InChI is InChI=1S/C31H44O7Si/c1-23(24(2)36-22-34-18-19-39(5,6)7)20-29(25(3)35-21-27-14-10-8-11-15-27)38-31(33)30(37-26(4)32)28-16-12-9-13-17-28/h8-17,24-25,29-30H,1,18-22H2,2-7H3/t24-,25+,29+,30-/m1/s1. The lowest BCUT2D eigenvalue weighted by molar-refractivity contribution is -0.177. The predicted molar refractivity (Wildman–Crippen MR) is 155 cm³/mol. The molecule has 39 heavy (non-hydrogen) atoms. The third-order valence-electron chi connectivity index (χ3n) is 6.18. The van der Waals surface area contributed by atoms with Gasteiger partial charge in [0.05, 0.1) is 18.8 Å². The summed E-state index contributed by atoms with van der Waals surface area (Å²) in [7, 11) is -1.18. The molecule has 2 rings (SSSR count). The molecule has 7 nitrogen and oxygen atoms in total. The number of carbonyl (C=O) groups is 2. The Morgan fingerprint density at radius 1 is 0.897 bits per heavy atom. The number of carbonyl (C=O) groups excluding carboxylic acids is 2. The second-order valence-corrected chi connectivity index (χ2v) is 16.5. The average Bonchev–Trinajstić information content (AvgIpc) is 2.89. The maximum atomic E-state index is 13.3. The molecule has 0 saturated heterocycles. The largest absolute Gasteiger partial charge is 0.456 e. The topological polar surface area (TPSA) is 80.3 Å². The molecule has 4 atom stereocenters. The van der Waals surface area contributed by atoms with Crippen LogP contribution in [0.2, 0.25) is 25.7 Å². The Morgan fingerprint density at radius 3 is 2.10 bits per heavy atom. The second kappa shape index (κ2) is 16.4. The van der Waals surface area contributed by atoms with Crippen molar-refractivity contribution in [2.24, 2.45) is 0 Å². The van der Waals surface area contributed by atoms with E-state index in [9.17, 15) is 9.59 Å². The molecule has 0 aliphatic heterocycles. The van der Waals surface area contributed by atoms with Crippen LogP contribution in [0.5, 0.6) is 0 Å². The van der Waals surface area contributed by atoms with Crippen molar-refractivity contribution in [1.82, 2.24) is 0 Å². The average molecular weight is 557 g/mol. The molecule has 0 heterocycles. The van der Waals surface area contributed by atoms with Crippen LogP contribution in [0.4, 0.5) is 0 Å². The van der Waals surface area contributed by atoms with Crippen molar-refractivity contribution in [2.75, 3.05) is 13.4 Å². The molecule has 0 bridgehead atoms. The summed E-state index contributed by atoms with van der Waals surface area (Å²) in [6.45, 7) is 17.3. The Morgan fingerprint density at radius 2 is 1.51 bits per heavy atom. The maximum Gasteiger partial charge on any atom is 0.352 e. The van der Waals surface area contributed by atoms with E-state index in [4.69, 9.17) is 23.7 Å². The number of ether oxygens (including phenoxy) is 5. The normalized spacial score (nSPS) is 14.6. The molecule has 214 valence electrons. The molecule has 2 aromatic rings. The van der Waals surface area contributed by atoms with Crippen LogP contribution in [0.3, 0.4) is 0 Å². The predicted octanol–water partition coefficient (Wildman–Crippen LogP) is 6.47. The highest BCUT2D eigenvalue weighted by molar-refractivity contribution is 6.76. The van der Waals surface area contributed by atoms with E-state index < -0.39 is 38.3 Å². The van der Waals surface area contributed by atoms with Gasteiger partial charge in [-0.05, 0) is 31.0 Å². The van der Waals surface area contributed by atoms with Gasteiger partial charge < -0.3 is 23.7 Å². The summed E-state index contributed by atoms with van der Waals surface area (Å²) >= 11 is 0. The van der Waals surface area contributed by atoms with Crippen LogP contribution in [-0.4, -0.2) is 51.7 Å². The molecule has 8 heteroatoms. The minimum Gasteiger partial charge on any atom is -0.456 e. The van der Waals surface area contributed by atoms with Gasteiger partial charge in [-0.25, -0.2) is 4.79 Å². The summed E-state index contributed by atoms with van der Waals surface area (Å²) in [5.74, 6) is -1.25. The molecule has 0 amide bonds. The van der Waals surface area contributed by atoms with Gasteiger partial charge in [0.25, 0.3) is 0 Å². The molecule has 0 unspecified atom stereocenters. The van der Waals surface area contributed by atoms with Gasteiger partial charge in [-0.3, -0.25) is 4.79 Å². The van der Waals surface area contributed by atoms with E-state index in [0.29, 0.717) is 25.2 Å². The van der Waals surface area contributed by atoms with Crippen molar-refractivity contribution in [1.29, 1.82) is 0 Å². The van der Waals surface area contributed by atoms with Crippen LogP contribution >= 0.6 is 0 Å². The highest BCUT2D eigenvalue weighted by Crippen LogP contribution is 2.24. The third kappa shape index (κ3) is 12.7. The molecule has 0 aliphatic carbocycles. The maximum absolute atomic E-state index is 13.3. The fraction of sp³-hybridized carbons (Fsp3) is 0.484. The molecule has 0 saturated carbocycles. The lowest BCUT2D eigenvalue weighted by Gasteiger charge is -2.28. The van der Waals surface area contributed by atoms with Crippen LogP contribution in [-0.2, 0) is 39.9 Å². The zero-order chi connectivity index (χ0) is 28.8. The first kappa shape index (κ1) is 32.4. The molecule has 0 aliphatic rings. The zero-order valence-electron chi connectivity index (χ0n) is 24.2. The quantitative estimate of drug-likeness (QED) is 0.0726. The van der Waals surface area contributed by atoms with Gasteiger partial charge >= 0.3 is 11.9 Å². The SMILES string of the molecule is C=C(C[C@H](OC(=O)[C@H](OC(C)=O)c1ccccc1)[C@H](C)OCc1ccccc1)[C@@H](C)OCOCC[Si](C)(C)C. The summed E-state index contributed by atoms with van der Waals surface area (Å²) in [6.07, 6.45) is -2.36. The van der Waals surface area contributed by atoms with Crippen LogP contribution in [0.25, 0.3) is 0 Å². The lowest BCUT2D eigenvalue weighted by Crippen LogP contribution is -2.35. The Labute approximate surface area is 234 Å². The minimum atomic E-state index is -1.19. The van der Waals surface area contributed by atoms with E-state index in [1.54, 1.807) is 24.3 Å². The molecule has 0 radical (unpaired) electrons. The molecular formula is C31H44O7Si. The van der Waals surface area contributed by atoms with E-state index in [0.717, 1.165) is 17.2 Å². The number of hydrogen-bond acceptors (Lipinski definition) is 7. The molecule has 0 fully saturated rings. The van der Waals surface area contributed by atoms with Gasteiger partial charge in [-0.2, -0.15) is 0 Å². The van der Waals surface area contributed by atoms with E-state index in [1.165, 1.54) is 6.92 Å². The van der Waals surface area contributed by atoms with Gasteiger partial charge in [0.1, 0.15) is 12.9 Å². The Balaban J connectivity index is 2.08. The van der Waals surface area contributed by atoms with E-state index in [-0.39, 0.29) is 12.9 Å². The van der Waals surface area contributed by atoms with E-state index in [1.807, 2.05) is 50.2 Å². The fourth-order valence-corrected chi connectivity index (χ4v) is 4.36. The zero-order valence-corrected chi connectivity index (χ0v) is 25.2. The molecule has 0 N–H and O–H groups in total. The summed E-state index contributed by atoms with van der Waals surface area (Å²) in [6, 6.07) is 19.6. The van der Waals surface area contributed by atoms with Gasteiger partial charge in [0, 0.05) is 33.6 Å². The highest BCUT2D eigenvalue weighted by atomic mass is 28.3. The van der Waals surface area contributed by atoms with Crippen molar-refractivity contribution < 1.29 is 33.3 Å². The van der Waals surface area contributed by atoms with Gasteiger partial charge in [0.2, 0.25) is 6.10 Å². The van der Waals surface area contributed by atoms with Crippen LogP contribution < -0.4 is 0 Å². The second-order valence-electron chi connectivity index (χ2n) is 10.9. The smallest absolute Gasteiger partial charge is 0.352 e.